The highest BCUT2D eigenvalue weighted by atomic mass is 32.2. The van der Waals surface area contributed by atoms with Gasteiger partial charge in [0.2, 0.25) is 0 Å². The third-order valence-corrected chi connectivity index (χ3v) is 5.77. The second kappa shape index (κ2) is 7.82. The van der Waals surface area contributed by atoms with Gasteiger partial charge in [-0.15, -0.1) is 0 Å². The minimum absolute atomic E-state index is 0.0550. The maximum atomic E-state index is 12.9. The fourth-order valence-electron chi connectivity index (χ4n) is 2.75. The van der Waals surface area contributed by atoms with Gasteiger partial charge >= 0.3 is 0 Å². The number of sulfonamides is 1. The Bertz CT molecular complexity index is 1140. The number of carbonyl (C=O) groups excluding carboxylic acids is 1. The summed E-state index contributed by atoms with van der Waals surface area (Å²) in [6, 6.07) is 15.3. The lowest BCUT2D eigenvalue weighted by Gasteiger charge is -2.13. The molecule has 0 bridgehead atoms. The second-order valence-electron chi connectivity index (χ2n) is 6.58. The molecule has 6 nitrogen and oxygen atoms in total. The average Bonchev–Trinajstić information content (AvgIpc) is 2.63. The molecule has 0 radical (unpaired) electrons. The van der Waals surface area contributed by atoms with E-state index in [1.54, 1.807) is 49.5 Å². The van der Waals surface area contributed by atoms with Crippen LogP contribution in [0.1, 0.15) is 27.0 Å². The predicted molar refractivity (Wildman–Crippen MR) is 110 cm³/mol. The van der Waals surface area contributed by atoms with Crippen molar-refractivity contribution in [2.75, 3.05) is 10.0 Å². The van der Waals surface area contributed by atoms with Crippen molar-refractivity contribution in [1.29, 1.82) is 0 Å². The lowest BCUT2D eigenvalue weighted by atomic mass is 10.1. The van der Waals surface area contributed by atoms with E-state index in [9.17, 15) is 13.2 Å². The number of pyridine rings is 1. The lowest BCUT2D eigenvalue weighted by molar-refractivity contribution is 0.102. The van der Waals surface area contributed by atoms with E-state index < -0.39 is 15.9 Å². The predicted octanol–water partition coefficient (Wildman–Crippen LogP) is 4.06. The van der Waals surface area contributed by atoms with Gasteiger partial charge in [0.25, 0.3) is 15.9 Å². The van der Waals surface area contributed by atoms with Crippen molar-refractivity contribution in [3.05, 3.63) is 83.0 Å². The third kappa shape index (κ3) is 4.37. The Labute approximate surface area is 164 Å². The maximum Gasteiger partial charge on any atom is 0.262 e. The molecule has 0 atom stereocenters. The van der Waals surface area contributed by atoms with Crippen LogP contribution in [0.15, 0.2) is 65.7 Å². The van der Waals surface area contributed by atoms with Gasteiger partial charge in [0.15, 0.2) is 0 Å². The molecule has 2 aromatic carbocycles. The molecule has 7 heteroatoms. The summed E-state index contributed by atoms with van der Waals surface area (Å²) in [5, 5.41) is 2.72. The van der Waals surface area contributed by atoms with Crippen molar-refractivity contribution in [1.82, 2.24) is 4.98 Å². The van der Waals surface area contributed by atoms with Crippen LogP contribution in [0.4, 0.5) is 11.5 Å². The Kier molecular flexibility index (Phi) is 5.46. The number of hydrogen-bond donors (Lipinski definition) is 2. The number of hydrogen-bond acceptors (Lipinski definition) is 4. The van der Waals surface area contributed by atoms with E-state index in [4.69, 9.17) is 0 Å². The number of aromatic nitrogens is 1. The first-order valence-corrected chi connectivity index (χ1v) is 10.2. The first kappa shape index (κ1) is 19.6. The van der Waals surface area contributed by atoms with Crippen LogP contribution >= 0.6 is 0 Å². The van der Waals surface area contributed by atoms with Crippen LogP contribution in [-0.2, 0) is 10.0 Å². The molecule has 28 heavy (non-hydrogen) atoms. The summed E-state index contributed by atoms with van der Waals surface area (Å²) < 4.78 is 28.3. The van der Waals surface area contributed by atoms with Gasteiger partial charge in [-0.25, -0.2) is 13.4 Å². The number of amides is 1. The largest absolute Gasteiger partial charge is 0.306 e. The van der Waals surface area contributed by atoms with Crippen LogP contribution in [0.25, 0.3) is 0 Å². The van der Waals surface area contributed by atoms with Gasteiger partial charge in [-0.1, -0.05) is 24.3 Å². The van der Waals surface area contributed by atoms with Crippen molar-refractivity contribution in [3.8, 4) is 0 Å². The fraction of sp³-hybridized carbons (Fsp3) is 0.143. The molecule has 1 amide bonds. The molecule has 3 rings (SSSR count). The van der Waals surface area contributed by atoms with Crippen molar-refractivity contribution in [2.45, 2.75) is 25.7 Å². The zero-order valence-corrected chi connectivity index (χ0v) is 16.7. The first-order chi connectivity index (χ1) is 13.3. The lowest BCUT2D eigenvalue weighted by Crippen LogP contribution is -2.17. The van der Waals surface area contributed by atoms with E-state index in [1.807, 2.05) is 26.0 Å². The van der Waals surface area contributed by atoms with Crippen LogP contribution in [0.5, 0.6) is 0 Å². The monoisotopic (exact) mass is 395 g/mol. The van der Waals surface area contributed by atoms with Gasteiger partial charge in [-0.05, 0) is 67.8 Å². The van der Waals surface area contributed by atoms with Crippen molar-refractivity contribution >= 4 is 27.4 Å². The zero-order chi connectivity index (χ0) is 20.3. The van der Waals surface area contributed by atoms with Gasteiger partial charge in [0.1, 0.15) is 5.82 Å². The van der Waals surface area contributed by atoms with E-state index in [-0.39, 0.29) is 10.5 Å². The summed E-state index contributed by atoms with van der Waals surface area (Å²) in [6.45, 7) is 5.41. The normalized spacial score (nSPS) is 11.1. The summed E-state index contributed by atoms with van der Waals surface area (Å²) in [5.41, 5.74) is 3.01. The van der Waals surface area contributed by atoms with E-state index in [0.717, 1.165) is 11.1 Å². The van der Waals surface area contributed by atoms with Gasteiger partial charge in [-0.2, -0.15) is 0 Å². The smallest absolute Gasteiger partial charge is 0.262 e. The molecule has 0 spiro atoms. The SMILES string of the molecule is Cc1cccc(NS(=O)(=O)c2cc(C(=O)Nc3ncccc3C)ccc2C)c1. The molecule has 0 saturated carbocycles. The minimum Gasteiger partial charge on any atom is -0.306 e. The highest BCUT2D eigenvalue weighted by molar-refractivity contribution is 7.92. The molecule has 144 valence electrons. The molecule has 0 unspecified atom stereocenters. The standard InChI is InChI=1S/C21H21N3O3S/c1-14-6-4-8-18(12-14)24-28(26,27)19-13-17(10-9-15(19)2)21(25)23-20-16(3)7-5-11-22-20/h4-13,24H,1-3H3,(H,22,23,25). The molecular formula is C21H21N3O3S. The molecular weight excluding hydrogens is 374 g/mol. The van der Waals surface area contributed by atoms with E-state index in [1.165, 1.54) is 6.07 Å². The molecule has 1 heterocycles. The number of benzene rings is 2. The average molecular weight is 395 g/mol. The quantitative estimate of drug-likeness (QED) is 0.682. The Hall–Kier alpha value is -3.19. The molecule has 0 saturated heterocycles. The number of nitrogens with zero attached hydrogens (tertiary/aromatic N) is 1. The fourth-order valence-corrected chi connectivity index (χ4v) is 4.07. The number of anilines is 2. The Morgan fingerprint density at radius 3 is 2.43 bits per heavy atom. The van der Waals surface area contributed by atoms with Crippen LogP contribution in [0.3, 0.4) is 0 Å². The van der Waals surface area contributed by atoms with Crippen molar-refractivity contribution in [3.63, 3.8) is 0 Å². The van der Waals surface area contributed by atoms with Gasteiger partial charge in [0, 0.05) is 17.4 Å². The Morgan fingerprint density at radius 1 is 0.929 bits per heavy atom. The van der Waals surface area contributed by atoms with E-state index >= 15 is 0 Å². The Balaban J connectivity index is 1.90. The second-order valence-corrected chi connectivity index (χ2v) is 8.23. The van der Waals surface area contributed by atoms with Crippen LogP contribution in [0.2, 0.25) is 0 Å². The molecule has 3 aromatic rings. The molecule has 0 fully saturated rings. The number of rotatable bonds is 5. The van der Waals surface area contributed by atoms with Crippen molar-refractivity contribution < 1.29 is 13.2 Å². The highest BCUT2D eigenvalue weighted by Gasteiger charge is 2.20. The molecule has 2 N–H and O–H groups in total. The summed E-state index contributed by atoms with van der Waals surface area (Å²) >= 11 is 0. The summed E-state index contributed by atoms with van der Waals surface area (Å²) in [4.78, 5) is 16.8. The zero-order valence-electron chi connectivity index (χ0n) is 15.9. The molecule has 0 aliphatic rings. The van der Waals surface area contributed by atoms with Crippen LogP contribution < -0.4 is 10.0 Å². The van der Waals surface area contributed by atoms with Crippen LogP contribution in [0, 0.1) is 20.8 Å². The van der Waals surface area contributed by atoms with Crippen LogP contribution in [-0.4, -0.2) is 19.3 Å². The first-order valence-electron chi connectivity index (χ1n) is 8.69. The third-order valence-electron chi connectivity index (χ3n) is 4.25. The summed E-state index contributed by atoms with van der Waals surface area (Å²) in [7, 11) is -3.84. The molecule has 0 aliphatic carbocycles. The van der Waals surface area contributed by atoms with Gasteiger partial charge in [0.05, 0.1) is 4.90 Å². The van der Waals surface area contributed by atoms with E-state index in [2.05, 4.69) is 15.0 Å². The highest BCUT2D eigenvalue weighted by Crippen LogP contribution is 2.22. The molecule has 0 aliphatic heterocycles. The molecule has 1 aromatic heterocycles. The summed E-state index contributed by atoms with van der Waals surface area (Å²) in [5.74, 6) is 0.0178. The van der Waals surface area contributed by atoms with E-state index in [0.29, 0.717) is 17.1 Å². The summed E-state index contributed by atoms with van der Waals surface area (Å²) in [6.07, 6.45) is 1.58. The van der Waals surface area contributed by atoms with Gasteiger partial charge in [-0.3, -0.25) is 9.52 Å². The maximum absolute atomic E-state index is 12.9. The number of carbonyl (C=O) groups is 1. The van der Waals surface area contributed by atoms with Crippen molar-refractivity contribution in [2.24, 2.45) is 0 Å². The number of nitrogens with one attached hydrogen (secondary N) is 2. The number of aryl methyl sites for hydroxylation is 3. The Morgan fingerprint density at radius 2 is 1.71 bits per heavy atom. The minimum atomic E-state index is -3.84. The van der Waals surface area contributed by atoms with Gasteiger partial charge < -0.3 is 5.32 Å². The topological polar surface area (TPSA) is 88.2 Å².